The van der Waals surface area contributed by atoms with E-state index in [0.29, 0.717) is 0 Å². The molecule has 1 fully saturated rings. The fraction of sp³-hybridized carbons (Fsp3) is 0.667. The highest BCUT2D eigenvalue weighted by atomic mass is 14.2. The summed E-state index contributed by atoms with van der Waals surface area (Å²) in [4.78, 5) is 0. The molecule has 12 heavy (non-hydrogen) atoms. The van der Waals surface area contributed by atoms with Crippen molar-refractivity contribution in [2.24, 2.45) is 5.92 Å². The van der Waals surface area contributed by atoms with Gasteiger partial charge in [0.2, 0.25) is 0 Å². The molecule has 0 aliphatic heterocycles. The van der Waals surface area contributed by atoms with E-state index in [1.165, 1.54) is 38.5 Å². The second-order valence-corrected chi connectivity index (χ2v) is 4.04. The molecule has 0 N–H and O–H groups in total. The predicted octanol–water partition coefficient (Wildman–Crippen LogP) is 3.84. The fourth-order valence-electron chi connectivity index (χ4n) is 2.40. The zero-order valence-corrected chi connectivity index (χ0v) is 7.97. The summed E-state index contributed by atoms with van der Waals surface area (Å²) in [5.41, 5.74) is 3.36. The van der Waals surface area contributed by atoms with Gasteiger partial charge < -0.3 is 0 Å². The van der Waals surface area contributed by atoms with Crippen LogP contribution in [-0.2, 0) is 0 Å². The van der Waals surface area contributed by atoms with Crippen LogP contribution in [0.1, 0.15) is 45.4 Å². The minimum Gasteiger partial charge on any atom is -0.0741 e. The van der Waals surface area contributed by atoms with Gasteiger partial charge in [-0.3, -0.25) is 0 Å². The number of fused-ring (bicyclic) bond motifs is 1. The van der Waals surface area contributed by atoms with Gasteiger partial charge in [-0.15, -0.1) is 0 Å². The molecule has 0 aromatic heterocycles. The Morgan fingerprint density at radius 1 is 1.17 bits per heavy atom. The van der Waals surface area contributed by atoms with Crippen molar-refractivity contribution in [3.05, 3.63) is 23.3 Å². The minimum atomic E-state index is 0.790. The van der Waals surface area contributed by atoms with Crippen molar-refractivity contribution in [2.45, 2.75) is 45.4 Å². The van der Waals surface area contributed by atoms with Gasteiger partial charge in [-0.1, -0.05) is 25.5 Å². The summed E-state index contributed by atoms with van der Waals surface area (Å²) in [5, 5.41) is 0. The third kappa shape index (κ3) is 1.48. The zero-order chi connectivity index (χ0) is 8.39. The van der Waals surface area contributed by atoms with E-state index in [4.69, 9.17) is 0 Å². The molecule has 0 radical (unpaired) electrons. The second kappa shape index (κ2) is 3.47. The van der Waals surface area contributed by atoms with Gasteiger partial charge in [-0.25, -0.2) is 0 Å². The summed E-state index contributed by atoms with van der Waals surface area (Å²) in [6.07, 6.45) is 13.2. The molecule has 2 rings (SSSR count). The van der Waals surface area contributed by atoms with Crippen LogP contribution in [0.15, 0.2) is 23.3 Å². The first-order valence-electron chi connectivity index (χ1n) is 5.32. The lowest BCUT2D eigenvalue weighted by Crippen LogP contribution is -1.94. The number of rotatable bonds is 2. The molecular formula is C12H18. The lowest BCUT2D eigenvalue weighted by molar-refractivity contribution is 0.682. The maximum Gasteiger partial charge on any atom is -0.00418 e. The van der Waals surface area contributed by atoms with E-state index in [1.807, 2.05) is 0 Å². The van der Waals surface area contributed by atoms with Crippen LogP contribution in [0.5, 0.6) is 0 Å². The maximum absolute atomic E-state index is 2.51. The standard InChI is InChI=1S/C12H18/c1-2-5-10-8-11-6-3-4-7-12(11)9-10/h8-10H,2-7H2,1H3. The first-order chi connectivity index (χ1) is 5.90. The molecule has 0 unspecified atom stereocenters. The first kappa shape index (κ1) is 8.10. The van der Waals surface area contributed by atoms with Crippen LogP contribution < -0.4 is 0 Å². The van der Waals surface area contributed by atoms with Crippen LogP contribution in [-0.4, -0.2) is 0 Å². The largest absolute Gasteiger partial charge is 0.0741 e. The van der Waals surface area contributed by atoms with Crippen molar-refractivity contribution in [3.63, 3.8) is 0 Å². The third-order valence-electron chi connectivity index (χ3n) is 3.01. The third-order valence-corrected chi connectivity index (χ3v) is 3.01. The van der Waals surface area contributed by atoms with Crippen molar-refractivity contribution in [1.82, 2.24) is 0 Å². The zero-order valence-electron chi connectivity index (χ0n) is 7.97. The average Bonchev–Trinajstić information content (AvgIpc) is 2.47. The van der Waals surface area contributed by atoms with Gasteiger partial charge >= 0.3 is 0 Å². The molecular weight excluding hydrogens is 144 g/mol. The summed E-state index contributed by atoms with van der Waals surface area (Å²) >= 11 is 0. The summed E-state index contributed by atoms with van der Waals surface area (Å²) in [5.74, 6) is 0.790. The SMILES string of the molecule is CCCC1C=C2CCCCC2=C1. The lowest BCUT2D eigenvalue weighted by atomic mass is 9.92. The first-order valence-corrected chi connectivity index (χ1v) is 5.32. The van der Waals surface area contributed by atoms with Crippen molar-refractivity contribution in [3.8, 4) is 0 Å². The topological polar surface area (TPSA) is 0 Å². The monoisotopic (exact) mass is 162 g/mol. The van der Waals surface area contributed by atoms with E-state index in [0.717, 1.165) is 5.92 Å². The van der Waals surface area contributed by atoms with Crippen LogP contribution in [0.3, 0.4) is 0 Å². The normalized spacial score (nSPS) is 23.4. The molecule has 0 heterocycles. The van der Waals surface area contributed by atoms with Crippen LogP contribution in [0.2, 0.25) is 0 Å². The molecule has 2 aliphatic carbocycles. The highest BCUT2D eigenvalue weighted by molar-refractivity contribution is 5.40. The number of hydrogen-bond donors (Lipinski definition) is 0. The Morgan fingerprint density at radius 3 is 2.25 bits per heavy atom. The predicted molar refractivity (Wildman–Crippen MR) is 53.0 cm³/mol. The van der Waals surface area contributed by atoms with Crippen molar-refractivity contribution < 1.29 is 0 Å². The molecule has 0 nitrogen and oxygen atoms in total. The fourth-order valence-corrected chi connectivity index (χ4v) is 2.40. The molecule has 2 aliphatic rings. The number of hydrogen-bond acceptors (Lipinski definition) is 0. The molecule has 0 atom stereocenters. The van der Waals surface area contributed by atoms with E-state index in [-0.39, 0.29) is 0 Å². The highest BCUT2D eigenvalue weighted by Crippen LogP contribution is 2.36. The molecule has 0 spiro atoms. The Kier molecular flexibility index (Phi) is 2.34. The van der Waals surface area contributed by atoms with Crippen LogP contribution >= 0.6 is 0 Å². The number of allylic oxidation sites excluding steroid dienone is 4. The average molecular weight is 162 g/mol. The quantitative estimate of drug-likeness (QED) is 0.578. The molecule has 0 saturated heterocycles. The minimum absolute atomic E-state index is 0.790. The molecule has 66 valence electrons. The van der Waals surface area contributed by atoms with Gasteiger partial charge in [0.1, 0.15) is 0 Å². The van der Waals surface area contributed by atoms with Crippen LogP contribution in [0.25, 0.3) is 0 Å². The molecule has 0 bridgehead atoms. The van der Waals surface area contributed by atoms with E-state index in [2.05, 4.69) is 19.1 Å². The van der Waals surface area contributed by atoms with E-state index in [1.54, 1.807) is 11.1 Å². The summed E-state index contributed by atoms with van der Waals surface area (Å²) in [6.45, 7) is 2.28. The maximum atomic E-state index is 2.51. The molecule has 0 heteroatoms. The van der Waals surface area contributed by atoms with E-state index < -0.39 is 0 Å². The van der Waals surface area contributed by atoms with Gasteiger partial charge in [-0.2, -0.15) is 0 Å². The lowest BCUT2D eigenvalue weighted by Gasteiger charge is -2.13. The second-order valence-electron chi connectivity index (χ2n) is 4.04. The molecule has 0 amide bonds. The summed E-state index contributed by atoms with van der Waals surface area (Å²) in [6, 6.07) is 0. The van der Waals surface area contributed by atoms with Crippen LogP contribution in [0, 0.1) is 5.92 Å². The summed E-state index contributed by atoms with van der Waals surface area (Å²) < 4.78 is 0. The van der Waals surface area contributed by atoms with Gasteiger partial charge in [0.25, 0.3) is 0 Å². The Morgan fingerprint density at radius 2 is 1.75 bits per heavy atom. The van der Waals surface area contributed by atoms with Gasteiger partial charge in [-0.05, 0) is 49.2 Å². The molecule has 0 aromatic carbocycles. The Bertz CT molecular complexity index is 198. The van der Waals surface area contributed by atoms with Crippen molar-refractivity contribution in [2.75, 3.05) is 0 Å². The summed E-state index contributed by atoms with van der Waals surface area (Å²) in [7, 11) is 0. The van der Waals surface area contributed by atoms with Gasteiger partial charge in [0.15, 0.2) is 0 Å². The van der Waals surface area contributed by atoms with Crippen LogP contribution in [0.4, 0.5) is 0 Å². The Balaban J connectivity index is 2.06. The Hall–Kier alpha value is -0.520. The smallest absolute Gasteiger partial charge is 0.00418 e. The van der Waals surface area contributed by atoms with E-state index in [9.17, 15) is 0 Å². The Labute approximate surface area is 75.4 Å². The molecule has 1 saturated carbocycles. The van der Waals surface area contributed by atoms with Crippen molar-refractivity contribution in [1.29, 1.82) is 0 Å². The van der Waals surface area contributed by atoms with E-state index >= 15 is 0 Å². The van der Waals surface area contributed by atoms with Crippen molar-refractivity contribution >= 4 is 0 Å². The highest BCUT2D eigenvalue weighted by Gasteiger charge is 2.18. The molecule has 0 aromatic rings. The van der Waals surface area contributed by atoms with Gasteiger partial charge in [0, 0.05) is 0 Å². The van der Waals surface area contributed by atoms with Gasteiger partial charge in [0.05, 0.1) is 0 Å².